The number of fused-ring (bicyclic) bond motifs is 1. The highest BCUT2D eigenvalue weighted by atomic mass is 32.2. The lowest BCUT2D eigenvalue weighted by Gasteiger charge is -2.14. The maximum absolute atomic E-state index is 12.6. The highest BCUT2D eigenvalue weighted by molar-refractivity contribution is 7.98. The van der Waals surface area contributed by atoms with Crippen LogP contribution in [0.3, 0.4) is 0 Å². The van der Waals surface area contributed by atoms with Crippen molar-refractivity contribution in [3.05, 3.63) is 59.7 Å². The molecule has 0 radical (unpaired) electrons. The molecule has 2 aromatic carbocycles. The first-order valence-electron chi connectivity index (χ1n) is 8.76. The lowest BCUT2D eigenvalue weighted by Crippen LogP contribution is -2.33. The fraction of sp³-hybridized carbons (Fsp3) is 0.300. The molecule has 25 heavy (non-hydrogen) atoms. The molecule has 0 atom stereocenters. The highest BCUT2D eigenvalue weighted by Crippen LogP contribution is 2.25. The Bertz CT molecular complexity index is 850. The molecule has 1 saturated carbocycles. The van der Waals surface area contributed by atoms with Gasteiger partial charge < -0.3 is 10.3 Å². The number of nitrogens with one attached hydrogen (secondary N) is 2. The van der Waals surface area contributed by atoms with Gasteiger partial charge in [0, 0.05) is 17.4 Å². The van der Waals surface area contributed by atoms with Gasteiger partial charge in [0.2, 0.25) is 0 Å². The maximum Gasteiger partial charge on any atom is 0.251 e. The molecule has 4 nitrogen and oxygen atoms in total. The van der Waals surface area contributed by atoms with Gasteiger partial charge in [-0.05, 0) is 36.6 Å². The van der Waals surface area contributed by atoms with Gasteiger partial charge in [-0.3, -0.25) is 4.79 Å². The second-order valence-electron chi connectivity index (χ2n) is 6.46. The quantitative estimate of drug-likeness (QED) is 0.664. The third-order valence-corrected chi connectivity index (χ3v) is 5.61. The van der Waals surface area contributed by atoms with Crippen molar-refractivity contribution in [1.82, 2.24) is 15.3 Å². The first-order valence-corrected chi connectivity index (χ1v) is 9.74. The molecule has 4 rings (SSSR count). The van der Waals surface area contributed by atoms with Gasteiger partial charge in [0.05, 0.1) is 11.0 Å². The summed E-state index contributed by atoms with van der Waals surface area (Å²) >= 11 is 1.63. The van der Waals surface area contributed by atoms with Gasteiger partial charge in [-0.25, -0.2) is 4.98 Å². The van der Waals surface area contributed by atoms with Gasteiger partial charge >= 0.3 is 0 Å². The van der Waals surface area contributed by atoms with Crippen LogP contribution < -0.4 is 5.32 Å². The van der Waals surface area contributed by atoms with E-state index >= 15 is 0 Å². The predicted octanol–water partition coefficient (Wildman–Crippen LogP) is 4.53. The molecule has 1 heterocycles. The number of imidazole rings is 1. The monoisotopic (exact) mass is 351 g/mol. The summed E-state index contributed by atoms with van der Waals surface area (Å²) < 4.78 is 0. The number of aromatic amines is 1. The lowest BCUT2D eigenvalue weighted by atomic mass is 10.1. The Balaban J connectivity index is 1.47. The molecule has 1 fully saturated rings. The smallest absolute Gasteiger partial charge is 0.251 e. The average molecular weight is 351 g/mol. The van der Waals surface area contributed by atoms with Crippen LogP contribution in [0.15, 0.2) is 53.7 Å². The number of thioether (sulfide) groups is 1. The van der Waals surface area contributed by atoms with Crippen LogP contribution >= 0.6 is 11.8 Å². The molecule has 1 aliphatic carbocycles. The van der Waals surface area contributed by atoms with E-state index < -0.39 is 0 Å². The molecule has 2 N–H and O–H groups in total. The number of nitrogens with zero attached hydrogens (tertiary/aromatic N) is 1. The van der Waals surface area contributed by atoms with E-state index in [0.717, 1.165) is 40.2 Å². The van der Waals surface area contributed by atoms with Crippen molar-refractivity contribution in [2.24, 2.45) is 0 Å². The summed E-state index contributed by atoms with van der Waals surface area (Å²) in [6.45, 7) is 0. The minimum atomic E-state index is 0.0488. The van der Waals surface area contributed by atoms with Crippen LogP contribution in [0.5, 0.6) is 0 Å². The van der Waals surface area contributed by atoms with Crippen LogP contribution in [0, 0.1) is 0 Å². The van der Waals surface area contributed by atoms with Crippen LogP contribution in [0.4, 0.5) is 0 Å². The third-order valence-electron chi connectivity index (χ3n) is 4.68. The Kier molecular flexibility index (Phi) is 4.74. The number of carbonyl (C=O) groups excluding carboxylic acids is 1. The Labute approximate surface area is 151 Å². The Morgan fingerprint density at radius 3 is 2.72 bits per heavy atom. The minimum Gasteiger partial charge on any atom is -0.349 e. The summed E-state index contributed by atoms with van der Waals surface area (Å²) in [5.74, 6) is 0.765. The predicted molar refractivity (Wildman–Crippen MR) is 102 cm³/mol. The summed E-state index contributed by atoms with van der Waals surface area (Å²) in [6, 6.07) is 16.2. The molecule has 5 heteroatoms. The van der Waals surface area contributed by atoms with Gasteiger partial charge in [-0.2, -0.15) is 0 Å². The van der Waals surface area contributed by atoms with E-state index in [1.165, 1.54) is 12.8 Å². The first-order chi connectivity index (χ1) is 12.3. The number of carbonyl (C=O) groups is 1. The fourth-order valence-electron chi connectivity index (χ4n) is 3.34. The number of benzene rings is 2. The van der Waals surface area contributed by atoms with Gasteiger partial charge in [0.25, 0.3) is 5.91 Å². The third kappa shape index (κ3) is 3.71. The summed E-state index contributed by atoms with van der Waals surface area (Å²) in [5, 5.41) is 4.07. The minimum absolute atomic E-state index is 0.0488. The van der Waals surface area contributed by atoms with Gasteiger partial charge in [0.1, 0.15) is 0 Å². The average Bonchev–Trinajstić information content (AvgIpc) is 3.29. The van der Waals surface area contributed by atoms with Crippen molar-refractivity contribution in [2.45, 2.75) is 42.6 Å². The zero-order chi connectivity index (χ0) is 17.1. The van der Waals surface area contributed by atoms with E-state index in [4.69, 9.17) is 0 Å². The topological polar surface area (TPSA) is 57.8 Å². The second kappa shape index (κ2) is 7.31. The number of amides is 1. The standard InChI is InChI=1S/C20H21N3OS/c24-19(21-15-8-2-3-9-15)16-10-4-1-7-14(16)13-25-20-22-17-11-5-6-12-18(17)23-20/h1,4-7,10-12,15H,2-3,8-9,13H2,(H,21,24)(H,22,23). The molecular weight excluding hydrogens is 330 g/mol. The van der Waals surface area contributed by atoms with E-state index in [9.17, 15) is 4.79 Å². The van der Waals surface area contributed by atoms with Crippen LogP contribution in [0.1, 0.15) is 41.6 Å². The number of aromatic nitrogens is 2. The Morgan fingerprint density at radius 2 is 1.88 bits per heavy atom. The Hall–Kier alpha value is -2.27. The van der Waals surface area contributed by atoms with E-state index in [2.05, 4.69) is 15.3 Å². The number of para-hydroxylation sites is 2. The van der Waals surface area contributed by atoms with Crippen molar-refractivity contribution in [2.75, 3.05) is 0 Å². The highest BCUT2D eigenvalue weighted by Gasteiger charge is 2.19. The van der Waals surface area contributed by atoms with Crippen molar-refractivity contribution in [1.29, 1.82) is 0 Å². The molecule has 128 valence electrons. The number of rotatable bonds is 5. The van der Waals surface area contributed by atoms with Crippen LogP contribution in [0.2, 0.25) is 0 Å². The van der Waals surface area contributed by atoms with E-state index in [-0.39, 0.29) is 5.91 Å². The molecule has 0 aliphatic heterocycles. The first kappa shape index (κ1) is 16.2. The summed E-state index contributed by atoms with van der Waals surface area (Å²) in [7, 11) is 0. The normalized spacial score (nSPS) is 14.9. The molecule has 0 unspecified atom stereocenters. The Morgan fingerprint density at radius 1 is 1.12 bits per heavy atom. The lowest BCUT2D eigenvalue weighted by molar-refractivity contribution is 0.0937. The second-order valence-corrected chi connectivity index (χ2v) is 7.42. The van der Waals surface area contributed by atoms with E-state index in [0.29, 0.717) is 11.8 Å². The molecule has 3 aromatic rings. The van der Waals surface area contributed by atoms with Gasteiger partial charge in [-0.1, -0.05) is 54.9 Å². The number of hydrogen-bond acceptors (Lipinski definition) is 3. The largest absolute Gasteiger partial charge is 0.349 e. The zero-order valence-corrected chi connectivity index (χ0v) is 14.8. The van der Waals surface area contributed by atoms with Crippen LogP contribution in [0.25, 0.3) is 11.0 Å². The summed E-state index contributed by atoms with van der Waals surface area (Å²) in [5.41, 5.74) is 3.83. The van der Waals surface area contributed by atoms with Gasteiger partial charge in [-0.15, -0.1) is 0 Å². The SMILES string of the molecule is O=C(NC1CCCC1)c1ccccc1CSc1nc2ccccc2[nH]1. The molecule has 0 bridgehead atoms. The summed E-state index contributed by atoms with van der Waals surface area (Å²) in [4.78, 5) is 20.5. The van der Waals surface area contributed by atoms with Crippen molar-refractivity contribution in [3.63, 3.8) is 0 Å². The van der Waals surface area contributed by atoms with Crippen molar-refractivity contribution in [3.8, 4) is 0 Å². The number of H-pyrrole nitrogens is 1. The number of hydrogen-bond donors (Lipinski definition) is 2. The molecule has 0 saturated heterocycles. The van der Waals surface area contributed by atoms with Crippen LogP contribution in [-0.4, -0.2) is 21.9 Å². The zero-order valence-electron chi connectivity index (χ0n) is 14.0. The summed E-state index contributed by atoms with van der Waals surface area (Å²) in [6.07, 6.45) is 4.63. The van der Waals surface area contributed by atoms with E-state index in [1.54, 1.807) is 11.8 Å². The van der Waals surface area contributed by atoms with Crippen molar-refractivity contribution < 1.29 is 4.79 Å². The van der Waals surface area contributed by atoms with E-state index in [1.807, 2.05) is 48.5 Å². The molecular formula is C20H21N3OS. The van der Waals surface area contributed by atoms with Crippen LogP contribution in [-0.2, 0) is 5.75 Å². The molecule has 1 aromatic heterocycles. The maximum atomic E-state index is 12.6. The van der Waals surface area contributed by atoms with Gasteiger partial charge in [0.15, 0.2) is 5.16 Å². The van der Waals surface area contributed by atoms with Crippen molar-refractivity contribution >= 4 is 28.7 Å². The molecule has 0 spiro atoms. The molecule has 1 amide bonds. The fourth-order valence-corrected chi connectivity index (χ4v) is 4.23. The molecule has 1 aliphatic rings.